The van der Waals surface area contributed by atoms with E-state index in [0.29, 0.717) is 38.9 Å². The molecular weight excluding hydrogens is 474 g/mol. The van der Waals surface area contributed by atoms with Crippen molar-refractivity contribution in [2.75, 3.05) is 33.0 Å². The largest absolute Gasteiger partial charge is 1.00 e. The molecule has 199 valence electrons. The van der Waals surface area contributed by atoms with Crippen LogP contribution in [0.1, 0.15) is 78.5 Å². The average Bonchev–Trinajstić information content (AvgIpc) is 3.29. The van der Waals surface area contributed by atoms with E-state index in [-0.39, 0.29) is 64.7 Å². The molecule has 3 N–H and O–H groups in total. The fourth-order valence-corrected chi connectivity index (χ4v) is 3.70. The zero-order valence-electron chi connectivity index (χ0n) is 22.9. The molecule has 0 amide bonds. The Hall–Kier alpha value is -0.135. The van der Waals surface area contributed by atoms with Crippen molar-refractivity contribution >= 4 is 8.41 Å². The molecule has 3 saturated heterocycles. The Morgan fingerprint density at radius 1 is 0.861 bits per heavy atom. The molecule has 3 aliphatic rings. The second kappa shape index (κ2) is 23.9. The van der Waals surface area contributed by atoms with Gasteiger partial charge in [-0.3, -0.25) is 0 Å². The maximum Gasteiger partial charge on any atom is 1.00 e. The molecule has 0 aliphatic carbocycles. The van der Waals surface area contributed by atoms with Gasteiger partial charge in [0.15, 0.2) is 18.9 Å². The first-order chi connectivity index (χ1) is 16.7. The summed E-state index contributed by atoms with van der Waals surface area (Å²) in [6, 6.07) is 0. The van der Waals surface area contributed by atoms with Crippen molar-refractivity contribution in [3.8, 4) is 23.7 Å². The quantitative estimate of drug-likeness (QED) is 0.270. The van der Waals surface area contributed by atoms with Crippen LogP contribution in [-0.2, 0) is 23.7 Å². The van der Waals surface area contributed by atoms with Crippen LogP contribution in [0.15, 0.2) is 0 Å². The van der Waals surface area contributed by atoms with E-state index in [4.69, 9.17) is 33.9 Å². The van der Waals surface area contributed by atoms with Gasteiger partial charge in [-0.1, -0.05) is 23.7 Å². The van der Waals surface area contributed by atoms with E-state index in [1.807, 2.05) is 0 Å². The molecule has 10 heteroatoms. The van der Waals surface area contributed by atoms with Crippen LogP contribution in [-0.4, -0.2) is 87.8 Å². The predicted molar refractivity (Wildman–Crippen MR) is 133 cm³/mol. The minimum Gasteiger partial charge on any atom is -1.00 e. The van der Waals surface area contributed by atoms with E-state index in [0.717, 1.165) is 58.2 Å². The number of aliphatic hydroxyl groups excluding tert-OH is 3. The van der Waals surface area contributed by atoms with Gasteiger partial charge in [0.1, 0.15) is 13.2 Å². The standard InChI is InChI=1S/C13H20O4.C13H22O4.B.Na.H/c14-12-8-7-11(17-12)5-1-3-9-15-13-6-2-4-10-16-13;14-9-5-7-12(15)6-1-3-10-16-13-8-2-4-11-17-13;;;/h11-14H,2,4-10H2;12-15H,2,4-11H2;;;/q;;;+1;-1/t;12-,13?;;;/m.1.../s1. The SMILES string of the molecule is OC1CCC(CC#CCOC2CCCCO2)O1.OCCC[C@H](O)CC#CCOC1CCCCO1.[B].[H-].[Na+]. The number of aliphatic hydroxyl groups is 3. The molecule has 4 unspecified atom stereocenters. The van der Waals surface area contributed by atoms with E-state index in [9.17, 15) is 5.11 Å². The molecule has 0 aromatic heterocycles. The molecular formula is C26H43BNaO8. The Morgan fingerprint density at radius 2 is 1.47 bits per heavy atom. The summed E-state index contributed by atoms with van der Waals surface area (Å²) < 4.78 is 27.0. The van der Waals surface area contributed by atoms with E-state index in [1.54, 1.807) is 0 Å². The van der Waals surface area contributed by atoms with E-state index < -0.39 is 12.4 Å². The van der Waals surface area contributed by atoms with Gasteiger partial charge >= 0.3 is 29.6 Å². The number of rotatable bonds is 9. The van der Waals surface area contributed by atoms with Crippen LogP contribution in [0.5, 0.6) is 0 Å². The van der Waals surface area contributed by atoms with E-state index in [2.05, 4.69) is 23.7 Å². The van der Waals surface area contributed by atoms with Gasteiger partial charge in [-0.25, -0.2) is 0 Å². The second-order valence-corrected chi connectivity index (χ2v) is 8.64. The fraction of sp³-hybridized carbons (Fsp3) is 0.846. The van der Waals surface area contributed by atoms with Gasteiger partial charge < -0.3 is 40.4 Å². The minimum absolute atomic E-state index is 0. The van der Waals surface area contributed by atoms with E-state index >= 15 is 0 Å². The average molecular weight is 517 g/mol. The summed E-state index contributed by atoms with van der Waals surface area (Å²) in [6.07, 6.45) is 9.31. The molecule has 3 radical (unpaired) electrons. The first-order valence-electron chi connectivity index (χ1n) is 12.7. The summed E-state index contributed by atoms with van der Waals surface area (Å²) in [6.45, 7) is 2.47. The molecule has 3 fully saturated rings. The molecule has 3 rings (SSSR count). The van der Waals surface area contributed by atoms with Gasteiger partial charge in [0.05, 0.1) is 12.2 Å². The Bertz CT molecular complexity index is 642. The van der Waals surface area contributed by atoms with Crippen molar-refractivity contribution in [2.24, 2.45) is 0 Å². The van der Waals surface area contributed by atoms with Crippen LogP contribution in [0, 0.1) is 23.7 Å². The smallest absolute Gasteiger partial charge is 1.00 e. The summed E-state index contributed by atoms with van der Waals surface area (Å²) in [5, 5.41) is 27.2. The first-order valence-corrected chi connectivity index (χ1v) is 12.7. The topological polar surface area (TPSA) is 107 Å². The third-order valence-electron chi connectivity index (χ3n) is 5.66. The molecule has 0 bridgehead atoms. The molecule has 0 aromatic carbocycles. The monoisotopic (exact) mass is 517 g/mol. The van der Waals surface area contributed by atoms with Crippen molar-refractivity contribution < 1.29 is 70.0 Å². The molecule has 0 aromatic rings. The number of ether oxygens (including phenoxy) is 5. The van der Waals surface area contributed by atoms with Crippen LogP contribution >= 0.6 is 0 Å². The van der Waals surface area contributed by atoms with Gasteiger partial charge in [0.25, 0.3) is 0 Å². The molecule has 3 aliphatic heterocycles. The van der Waals surface area contributed by atoms with Crippen LogP contribution in [0.4, 0.5) is 0 Å². The molecule has 8 nitrogen and oxygen atoms in total. The maximum atomic E-state index is 9.45. The first kappa shape index (κ1) is 35.9. The van der Waals surface area contributed by atoms with Crippen molar-refractivity contribution in [2.45, 2.75) is 108 Å². The second-order valence-electron chi connectivity index (χ2n) is 8.64. The van der Waals surface area contributed by atoms with Crippen molar-refractivity contribution in [3.05, 3.63) is 0 Å². The fourth-order valence-electron chi connectivity index (χ4n) is 3.70. The van der Waals surface area contributed by atoms with Crippen molar-refractivity contribution in [1.82, 2.24) is 0 Å². The molecule has 5 atom stereocenters. The molecule has 0 saturated carbocycles. The van der Waals surface area contributed by atoms with Crippen LogP contribution < -0.4 is 29.6 Å². The van der Waals surface area contributed by atoms with Crippen LogP contribution in [0.3, 0.4) is 0 Å². The van der Waals surface area contributed by atoms with E-state index in [1.165, 1.54) is 6.42 Å². The van der Waals surface area contributed by atoms with Crippen molar-refractivity contribution in [3.63, 3.8) is 0 Å². The normalized spacial score (nSPS) is 25.9. The van der Waals surface area contributed by atoms with Crippen molar-refractivity contribution in [1.29, 1.82) is 0 Å². The summed E-state index contributed by atoms with van der Waals surface area (Å²) in [4.78, 5) is 0. The Morgan fingerprint density at radius 3 is 1.97 bits per heavy atom. The summed E-state index contributed by atoms with van der Waals surface area (Å²) in [5.74, 6) is 11.7. The Kier molecular flexibility index (Phi) is 23.9. The zero-order valence-corrected chi connectivity index (χ0v) is 23.9. The van der Waals surface area contributed by atoms with Gasteiger partial charge in [-0.2, -0.15) is 0 Å². The number of hydrogen-bond donors (Lipinski definition) is 3. The molecule has 3 heterocycles. The van der Waals surface area contributed by atoms with Crippen LogP contribution in [0.25, 0.3) is 0 Å². The maximum absolute atomic E-state index is 9.45. The molecule has 0 spiro atoms. The summed E-state index contributed by atoms with van der Waals surface area (Å²) in [5.41, 5.74) is 0. The summed E-state index contributed by atoms with van der Waals surface area (Å²) in [7, 11) is 0. The zero-order chi connectivity index (χ0) is 24.3. The van der Waals surface area contributed by atoms with Gasteiger partial charge in [0.2, 0.25) is 0 Å². The van der Waals surface area contributed by atoms with Gasteiger partial charge in [-0.15, -0.1) is 0 Å². The third kappa shape index (κ3) is 18.2. The van der Waals surface area contributed by atoms with Gasteiger partial charge in [0, 0.05) is 47.5 Å². The predicted octanol–water partition coefficient (Wildman–Crippen LogP) is -0.787. The minimum atomic E-state index is -0.589. The molecule has 36 heavy (non-hydrogen) atoms. The third-order valence-corrected chi connectivity index (χ3v) is 5.66. The Labute approximate surface area is 242 Å². The van der Waals surface area contributed by atoms with Gasteiger partial charge in [-0.05, 0) is 57.8 Å². The Balaban J connectivity index is 0. The number of hydrogen-bond acceptors (Lipinski definition) is 8. The van der Waals surface area contributed by atoms with Crippen LogP contribution in [0.2, 0.25) is 0 Å². The summed E-state index contributed by atoms with van der Waals surface area (Å²) >= 11 is 0.